The average Bonchev–Trinajstić information content (AvgIpc) is 2.81. The van der Waals surface area contributed by atoms with Gasteiger partial charge in [-0.2, -0.15) is 0 Å². The molecule has 0 aliphatic carbocycles. The van der Waals surface area contributed by atoms with Crippen molar-refractivity contribution in [2.75, 3.05) is 38.7 Å². The molecule has 1 aromatic rings. The van der Waals surface area contributed by atoms with E-state index in [9.17, 15) is 0 Å². The van der Waals surface area contributed by atoms with Crippen molar-refractivity contribution in [3.63, 3.8) is 0 Å². The van der Waals surface area contributed by atoms with E-state index in [1.54, 1.807) is 7.11 Å². The van der Waals surface area contributed by atoms with Gasteiger partial charge in [-0.3, -0.25) is 4.99 Å². The van der Waals surface area contributed by atoms with Crippen molar-refractivity contribution in [3.8, 4) is 5.75 Å². The van der Waals surface area contributed by atoms with Crippen LogP contribution in [0.4, 0.5) is 5.69 Å². The number of benzene rings is 1. The summed E-state index contributed by atoms with van der Waals surface area (Å²) in [6, 6.07) is 8.00. The second kappa shape index (κ2) is 4.88. The molecule has 1 aliphatic rings. The molecule has 1 heterocycles. The van der Waals surface area contributed by atoms with Crippen LogP contribution in [0.2, 0.25) is 0 Å². The number of likely N-dealkylation sites (N-methyl/N-ethyl adjacent to an activating group) is 1. The molecule has 16 heavy (non-hydrogen) atoms. The van der Waals surface area contributed by atoms with Crippen LogP contribution in [-0.4, -0.2) is 39.6 Å². The number of para-hydroxylation sites is 2. The first-order valence-corrected chi connectivity index (χ1v) is 5.42. The molecule has 86 valence electrons. The van der Waals surface area contributed by atoms with Crippen LogP contribution in [0, 0.1) is 0 Å². The molecular weight excluding hydrogens is 202 g/mol. The van der Waals surface area contributed by atoms with Crippen molar-refractivity contribution in [3.05, 3.63) is 24.3 Å². The number of nitrogens with zero attached hydrogens (tertiary/aromatic N) is 2. The number of hydrogen-bond acceptors (Lipinski definition) is 4. The van der Waals surface area contributed by atoms with Gasteiger partial charge >= 0.3 is 0 Å². The molecule has 0 unspecified atom stereocenters. The molecule has 0 saturated carbocycles. The number of aliphatic imine (C=N–C) groups is 1. The van der Waals surface area contributed by atoms with Crippen LogP contribution in [0.5, 0.6) is 5.75 Å². The maximum absolute atomic E-state index is 5.33. The van der Waals surface area contributed by atoms with Gasteiger partial charge in [0.15, 0.2) is 0 Å². The first kappa shape index (κ1) is 10.8. The van der Waals surface area contributed by atoms with Gasteiger partial charge in [0.1, 0.15) is 11.6 Å². The van der Waals surface area contributed by atoms with Crippen molar-refractivity contribution in [1.82, 2.24) is 5.32 Å². The van der Waals surface area contributed by atoms with E-state index < -0.39 is 0 Å². The number of rotatable bonds is 4. The van der Waals surface area contributed by atoms with Gasteiger partial charge < -0.3 is 15.0 Å². The molecule has 1 aromatic carbocycles. The van der Waals surface area contributed by atoms with Crippen molar-refractivity contribution >= 4 is 11.5 Å². The van der Waals surface area contributed by atoms with Gasteiger partial charge in [0, 0.05) is 13.6 Å². The van der Waals surface area contributed by atoms with E-state index in [1.165, 1.54) is 0 Å². The molecular formula is C12H17N3O. The number of nitrogens with one attached hydrogen (secondary N) is 1. The number of methoxy groups -OCH3 is 1. The molecule has 0 radical (unpaired) electrons. The van der Waals surface area contributed by atoms with Crippen molar-refractivity contribution in [2.45, 2.75) is 0 Å². The van der Waals surface area contributed by atoms with Crippen molar-refractivity contribution < 1.29 is 4.74 Å². The van der Waals surface area contributed by atoms with Crippen LogP contribution < -0.4 is 15.0 Å². The summed E-state index contributed by atoms with van der Waals surface area (Å²) in [5.74, 6) is 1.94. The lowest BCUT2D eigenvalue weighted by molar-refractivity contribution is 0.415. The lowest BCUT2D eigenvalue weighted by Crippen LogP contribution is -2.32. The summed E-state index contributed by atoms with van der Waals surface area (Å²) in [6.45, 7) is 2.63. The lowest BCUT2D eigenvalue weighted by Gasteiger charge is -2.21. The normalized spacial score (nSPS) is 14.2. The minimum atomic E-state index is 0.792. The van der Waals surface area contributed by atoms with Gasteiger partial charge in [0.05, 0.1) is 25.9 Å². The van der Waals surface area contributed by atoms with Crippen LogP contribution in [-0.2, 0) is 0 Å². The highest BCUT2D eigenvalue weighted by molar-refractivity contribution is 5.88. The summed E-state index contributed by atoms with van der Waals surface area (Å²) in [7, 11) is 3.73. The predicted octanol–water partition coefficient (Wildman–Crippen LogP) is 1.13. The van der Waals surface area contributed by atoms with Crippen LogP contribution in [0.25, 0.3) is 0 Å². The van der Waals surface area contributed by atoms with Gasteiger partial charge in [-0.05, 0) is 12.1 Å². The average molecular weight is 219 g/mol. The zero-order chi connectivity index (χ0) is 11.4. The Balaban J connectivity index is 2.10. The van der Waals surface area contributed by atoms with Gasteiger partial charge in [-0.25, -0.2) is 0 Å². The van der Waals surface area contributed by atoms with Gasteiger partial charge in [0.2, 0.25) is 0 Å². The minimum absolute atomic E-state index is 0.792. The molecule has 0 fully saturated rings. The van der Waals surface area contributed by atoms with Crippen LogP contribution >= 0.6 is 0 Å². The molecule has 0 atom stereocenters. The highest BCUT2D eigenvalue weighted by Crippen LogP contribution is 2.26. The number of amidine groups is 1. The molecule has 4 nitrogen and oxygen atoms in total. The molecule has 4 heteroatoms. The van der Waals surface area contributed by atoms with Crippen molar-refractivity contribution in [2.24, 2.45) is 4.99 Å². The first-order chi connectivity index (χ1) is 7.81. The molecule has 0 amide bonds. The Morgan fingerprint density at radius 1 is 1.44 bits per heavy atom. The third-order valence-corrected chi connectivity index (χ3v) is 2.63. The fourth-order valence-electron chi connectivity index (χ4n) is 1.81. The van der Waals surface area contributed by atoms with Crippen molar-refractivity contribution in [1.29, 1.82) is 0 Å². The van der Waals surface area contributed by atoms with Crippen LogP contribution in [0.3, 0.4) is 0 Å². The molecule has 1 aliphatic heterocycles. The lowest BCUT2D eigenvalue weighted by atomic mass is 10.2. The molecule has 0 bridgehead atoms. The van der Waals surface area contributed by atoms with E-state index in [2.05, 4.69) is 15.2 Å². The summed E-state index contributed by atoms with van der Waals surface area (Å²) in [5.41, 5.74) is 1.08. The highest BCUT2D eigenvalue weighted by Gasteiger charge is 2.11. The summed E-state index contributed by atoms with van der Waals surface area (Å²) in [4.78, 5) is 6.51. The van der Waals surface area contributed by atoms with Gasteiger partial charge in [-0.1, -0.05) is 12.1 Å². The van der Waals surface area contributed by atoms with E-state index in [0.29, 0.717) is 0 Å². The first-order valence-electron chi connectivity index (χ1n) is 5.42. The Labute approximate surface area is 95.9 Å². The second-order valence-corrected chi connectivity index (χ2v) is 3.78. The van der Waals surface area contributed by atoms with E-state index in [-0.39, 0.29) is 0 Å². The van der Waals surface area contributed by atoms with E-state index >= 15 is 0 Å². The molecule has 0 spiro atoms. The quantitative estimate of drug-likeness (QED) is 0.825. The Morgan fingerprint density at radius 3 is 2.94 bits per heavy atom. The second-order valence-electron chi connectivity index (χ2n) is 3.78. The summed E-state index contributed by atoms with van der Waals surface area (Å²) in [6.07, 6.45) is 0. The molecule has 2 rings (SSSR count). The van der Waals surface area contributed by atoms with E-state index in [4.69, 9.17) is 4.74 Å². The maximum Gasteiger partial charge on any atom is 0.142 e. The third-order valence-electron chi connectivity index (χ3n) is 2.63. The number of ether oxygens (including phenoxy) is 1. The molecule has 1 N–H and O–H groups in total. The zero-order valence-corrected chi connectivity index (χ0v) is 9.73. The molecule has 0 saturated heterocycles. The topological polar surface area (TPSA) is 36.9 Å². The fraction of sp³-hybridized carbons (Fsp3) is 0.417. The smallest absolute Gasteiger partial charge is 0.142 e. The zero-order valence-electron chi connectivity index (χ0n) is 9.73. The third kappa shape index (κ3) is 2.27. The monoisotopic (exact) mass is 219 g/mol. The van der Waals surface area contributed by atoms with E-state index in [0.717, 1.165) is 36.9 Å². The minimum Gasteiger partial charge on any atom is -0.495 e. The predicted molar refractivity (Wildman–Crippen MR) is 66.6 cm³/mol. The van der Waals surface area contributed by atoms with Crippen LogP contribution in [0.15, 0.2) is 29.3 Å². The number of hydrogen-bond donors (Lipinski definition) is 1. The Hall–Kier alpha value is -1.71. The Kier molecular flexibility index (Phi) is 3.29. The molecule has 0 aromatic heterocycles. The summed E-state index contributed by atoms with van der Waals surface area (Å²) in [5, 5.41) is 3.26. The Bertz CT molecular complexity index is 390. The SMILES string of the molecule is COc1ccccc1N(C)CC1=NCCN1. The standard InChI is InChI=1S/C12H17N3O/c1-15(9-12-13-7-8-14-12)10-5-3-4-6-11(10)16-2/h3-6H,7-9H2,1-2H3,(H,13,14). The van der Waals surface area contributed by atoms with E-state index in [1.807, 2.05) is 31.3 Å². The van der Waals surface area contributed by atoms with Crippen LogP contribution in [0.1, 0.15) is 0 Å². The highest BCUT2D eigenvalue weighted by atomic mass is 16.5. The number of anilines is 1. The Morgan fingerprint density at radius 2 is 2.25 bits per heavy atom. The van der Waals surface area contributed by atoms with Gasteiger partial charge in [-0.15, -0.1) is 0 Å². The maximum atomic E-state index is 5.33. The fourth-order valence-corrected chi connectivity index (χ4v) is 1.81. The largest absolute Gasteiger partial charge is 0.495 e. The van der Waals surface area contributed by atoms with Gasteiger partial charge in [0.25, 0.3) is 0 Å². The summed E-state index contributed by atoms with van der Waals surface area (Å²) < 4.78 is 5.33. The summed E-state index contributed by atoms with van der Waals surface area (Å²) >= 11 is 0.